The van der Waals surface area contributed by atoms with Crippen LogP contribution in [-0.2, 0) is 9.53 Å². The van der Waals surface area contributed by atoms with Crippen molar-refractivity contribution in [1.82, 2.24) is 0 Å². The molecule has 1 amide bonds. The lowest BCUT2D eigenvalue weighted by molar-refractivity contribution is -0.161. The number of carbonyl (C=O) groups excluding carboxylic acids is 2. The molecular formula is C11H10F3NO3. The van der Waals surface area contributed by atoms with E-state index in [0.29, 0.717) is 5.69 Å². The largest absolute Gasteiger partial charge is 0.452 e. The molecule has 0 radical (unpaired) electrons. The van der Waals surface area contributed by atoms with Gasteiger partial charge in [0.15, 0.2) is 6.61 Å². The van der Waals surface area contributed by atoms with E-state index in [-0.39, 0.29) is 11.5 Å². The molecule has 7 heteroatoms. The Morgan fingerprint density at radius 1 is 1.33 bits per heavy atom. The Morgan fingerprint density at radius 2 is 2.00 bits per heavy atom. The number of esters is 1. The van der Waals surface area contributed by atoms with E-state index in [1.54, 1.807) is 0 Å². The highest BCUT2D eigenvalue weighted by atomic mass is 19.4. The van der Waals surface area contributed by atoms with Crippen LogP contribution in [0.5, 0.6) is 0 Å². The van der Waals surface area contributed by atoms with Gasteiger partial charge < -0.3 is 10.1 Å². The molecular weight excluding hydrogens is 251 g/mol. The fourth-order valence-corrected chi connectivity index (χ4v) is 1.16. The summed E-state index contributed by atoms with van der Waals surface area (Å²) in [4.78, 5) is 22.1. The summed E-state index contributed by atoms with van der Waals surface area (Å²) < 4.78 is 39.6. The first-order valence-corrected chi connectivity index (χ1v) is 4.89. The second-order valence-electron chi connectivity index (χ2n) is 3.45. The number of anilines is 1. The molecule has 0 saturated carbocycles. The summed E-state index contributed by atoms with van der Waals surface area (Å²) in [5.74, 6) is -1.45. The molecule has 0 saturated heterocycles. The van der Waals surface area contributed by atoms with E-state index in [4.69, 9.17) is 0 Å². The van der Waals surface area contributed by atoms with Crippen LogP contribution in [0.3, 0.4) is 0 Å². The number of ether oxygens (including phenoxy) is 1. The van der Waals surface area contributed by atoms with Gasteiger partial charge in [0.05, 0.1) is 5.56 Å². The van der Waals surface area contributed by atoms with Crippen molar-refractivity contribution in [2.75, 3.05) is 11.9 Å². The van der Waals surface area contributed by atoms with E-state index >= 15 is 0 Å². The van der Waals surface area contributed by atoms with Gasteiger partial charge in [-0.1, -0.05) is 6.07 Å². The Hall–Kier alpha value is -2.05. The molecule has 1 aromatic rings. The summed E-state index contributed by atoms with van der Waals surface area (Å²) >= 11 is 0. The van der Waals surface area contributed by atoms with Crippen molar-refractivity contribution in [2.24, 2.45) is 0 Å². The van der Waals surface area contributed by atoms with Crippen LogP contribution in [0.2, 0.25) is 0 Å². The zero-order valence-electron chi connectivity index (χ0n) is 9.38. The van der Waals surface area contributed by atoms with Crippen molar-refractivity contribution in [3.05, 3.63) is 29.8 Å². The number of nitrogens with one attached hydrogen (secondary N) is 1. The molecule has 0 fully saturated rings. The van der Waals surface area contributed by atoms with Crippen LogP contribution >= 0.6 is 0 Å². The van der Waals surface area contributed by atoms with E-state index in [2.05, 4.69) is 10.1 Å². The normalized spacial score (nSPS) is 10.9. The first kappa shape index (κ1) is 14.0. The van der Waals surface area contributed by atoms with E-state index in [9.17, 15) is 22.8 Å². The highest BCUT2D eigenvalue weighted by molar-refractivity contribution is 5.93. The molecule has 0 heterocycles. The fraction of sp³-hybridized carbons (Fsp3) is 0.273. The van der Waals surface area contributed by atoms with Crippen molar-refractivity contribution in [2.45, 2.75) is 13.1 Å². The molecule has 0 aliphatic carbocycles. The van der Waals surface area contributed by atoms with Gasteiger partial charge in [0.2, 0.25) is 5.91 Å². The van der Waals surface area contributed by atoms with Crippen LogP contribution in [0.1, 0.15) is 17.3 Å². The summed E-state index contributed by atoms with van der Waals surface area (Å²) in [6.07, 6.45) is -4.56. The Morgan fingerprint density at radius 3 is 2.56 bits per heavy atom. The summed E-state index contributed by atoms with van der Waals surface area (Å²) in [6, 6.07) is 5.46. The Kier molecular flexibility index (Phi) is 4.30. The topological polar surface area (TPSA) is 55.4 Å². The van der Waals surface area contributed by atoms with Crippen molar-refractivity contribution in [3.63, 3.8) is 0 Å². The molecule has 0 aliphatic rings. The van der Waals surface area contributed by atoms with Crippen LogP contribution < -0.4 is 5.32 Å². The molecule has 1 aromatic carbocycles. The molecule has 98 valence electrons. The molecule has 0 bridgehead atoms. The number of hydrogen-bond acceptors (Lipinski definition) is 3. The lowest BCUT2D eigenvalue weighted by atomic mass is 10.2. The molecule has 1 N–H and O–H groups in total. The third kappa shape index (κ3) is 4.86. The number of carbonyl (C=O) groups is 2. The maximum absolute atomic E-state index is 11.8. The standard InChI is InChI=1S/C11H10F3NO3/c1-7(16)15-9-4-2-3-8(5-9)10(17)18-6-11(12,13)14/h2-5H,6H2,1H3,(H,15,16). The minimum Gasteiger partial charge on any atom is -0.452 e. The van der Waals surface area contributed by atoms with E-state index < -0.39 is 18.8 Å². The van der Waals surface area contributed by atoms with Gasteiger partial charge in [-0.3, -0.25) is 4.79 Å². The monoisotopic (exact) mass is 261 g/mol. The Balaban J connectivity index is 2.71. The molecule has 0 aromatic heterocycles. The Bertz CT molecular complexity index is 457. The maximum atomic E-state index is 11.8. The highest BCUT2D eigenvalue weighted by Crippen LogP contribution is 2.17. The van der Waals surface area contributed by atoms with Crippen LogP contribution in [0.15, 0.2) is 24.3 Å². The summed E-state index contributed by atoms with van der Waals surface area (Å²) in [5, 5.41) is 2.40. The predicted octanol–water partition coefficient (Wildman–Crippen LogP) is 2.36. The average molecular weight is 261 g/mol. The fourth-order valence-electron chi connectivity index (χ4n) is 1.16. The van der Waals surface area contributed by atoms with E-state index in [0.717, 1.165) is 0 Å². The third-order valence-electron chi connectivity index (χ3n) is 1.79. The van der Waals surface area contributed by atoms with E-state index in [1.807, 2.05) is 0 Å². The van der Waals surface area contributed by atoms with Crippen LogP contribution in [0.25, 0.3) is 0 Å². The van der Waals surface area contributed by atoms with Crippen molar-refractivity contribution in [3.8, 4) is 0 Å². The molecule has 0 aliphatic heterocycles. The summed E-state index contributed by atoms with van der Waals surface area (Å²) in [7, 11) is 0. The number of rotatable bonds is 3. The molecule has 0 atom stereocenters. The van der Waals surface area contributed by atoms with Crippen molar-refractivity contribution in [1.29, 1.82) is 0 Å². The van der Waals surface area contributed by atoms with Crippen molar-refractivity contribution >= 4 is 17.6 Å². The molecule has 1 rings (SSSR count). The van der Waals surface area contributed by atoms with Gasteiger partial charge in [-0.25, -0.2) is 4.79 Å². The average Bonchev–Trinajstić information content (AvgIpc) is 2.24. The lowest BCUT2D eigenvalue weighted by Gasteiger charge is -2.08. The minimum atomic E-state index is -4.56. The van der Waals surface area contributed by atoms with E-state index in [1.165, 1.54) is 31.2 Å². The SMILES string of the molecule is CC(=O)Nc1cccc(C(=O)OCC(F)(F)F)c1. The first-order chi connectivity index (χ1) is 8.28. The lowest BCUT2D eigenvalue weighted by Crippen LogP contribution is -2.20. The van der Waals surface area contributed by atoms with Crippen LogP contribution in [-0.4, -0.2) is 24.7 Å². The third-order valence-corrected chi connectivity index (χ3v) is 1.79. The van der Waals surface area contributed by atoms with Gasteiger partial charge in [-0.2, -0.15) is 13.2 Å². The number of benzene rings is 1. The summed E-state index contributed by atoms with van der Waals surface area (Å²) in [5.41, 5.74) is 0.245. The number of hydrogen-bond donors (Lipinski definition) is 1. The van der Waals surface area contributed by atoms with Gasteiger partial charge >= 0.3 is 12.1 Å². The van der Waals surface area contributed by atoms with Gasteiger partial charge in [0, 0.05) is 12.6 Å². The predicted molar refractivity (Wildman–Crippen MR) is 57.1 cm³/mol. The number of amides is 1. The van der Waals surface area contributed by atoms with Gasteiger partial charge in [0.25, 0.3) is 0 Å². The van der Waals surface area contributed by atoms with Gasteiger partial charge in [0.1, 0.15) is 0 Å². The maximum Gasteiger partial charge on any atom is 0.422 e. The zero-order valence-corrected chi connectivity index (χ0v) is 9.38. The van der Waals surface area contributed by atoms with Gasteiger partial charge in [-0.15, -0.1) is 0 Å². The Labute approximate surface area is 101 Å². The second-order valence-corrected chi connectivity index (χ2v) is 3.45. The zero-order chi connectivity index (χ0) is 13.8. The van der Waals surface area contributed by atoms with Crippen molar-refractivity contribution < 1.29 is 27.5 Å². The molecule has 4 nitrogen and oxygen atoms in total. The quantitative estimate of drug-likeness (QED) is 0.850. The highest BCUT2D eigenvalue weighted by Gasteiger charge is 2.29. The minimum absolute atomic E-state index is 0.0644. The first-order valence-electron chi connectivity index (χ1n) is 4.89. The molecule has 0 unspecified atom stereocenters. The summed E-state index contributed by atoms with van der Waals surface area (Å²) in [6.45, 7) is -0.370. The number of alkyl halides is 3. The van der Waals surface area contributed by atoms with Crippen LogP contribution in [0.4, 0.5) is 18.9 Å². The molecule has 18 heavy (non-hydrogen) atoms. The van der Waals surface area contributed by atoms with Crippen LogP contribution in [0, 0.1) is 0 Å². The van der Waals surface area contributed by atoms with Gasteiger partial charge in [-0.05, 0) is 18.2 Å². The smallest absolute Gasteiger partial charge is 0.422 e. The second kappa shape index (κ2) is 5.52. The molecule has 0 spiro atoms. The number of halogens is 3.